The lowest BCUT2D eigenvalue weighted by molar-refractivity contribution is -0.139. The molecule has 0 aliphatic heterocycles. The van der Waals surface area contributed by atoms with Gasteiger partial charge in [-0.15, -0.1) is 0 Å². The molecule has 0 bridgehead atoms. The summed E-state index contributed by atoms with van der Waals surface area (Å²) >= 11 is 0. The molecule has 3 N–H and O–H groups in total. The Morgan fingerprint density at radius 1 is 0.935 bits per heavy atom. The average Bonchev–Trinajstić information content (AvgIpc) is 3.10. The number of fused-ring (bicyclic) bond motifs is 3. The molecule has 2 amide bonds. The zero-order valence-electron chi connectivity index (χ0n) is 17.2. The summed E-state index contributed by atoms with van der Waals surface area (Å²) in [4.78, 5) is 36.3. The van der Waals surface area contributed by atoms with Crippen molar-refractivity contribution in [2.24, 2.45) is 0 Å². The van der Waals surface area contributed by atoms with E-state index in [1.807, 2.05) is 36.4 Å². The van der Waals surface area contributed by atoms with Crippen molar-refractivity contribution in [1.29, 1.82) is 0 Å². The molecule has 2 aromatic rings. The number of aliphatic carboxylic acids is 1. The maximum absolute atomic E-state index is 12.7. The summed E-state index contributed by atoms with van der Waals surface area (Å²) in [6, 6.07) is 16.2. The molecule has 2 aliphatic carbocycles. The summed E-state index contributed by atoms with van der Waals surface area (Å²) in [5.74, 6) is -1.66. The van der Waals surface area contributed by atoms with E-state index in [-0.39, 0.29) is 12.5 Å². The monoisotopic (exact) mass is 422 g/mol. The van der Waals surface area contributed by atoms with Gasteiger partial charge in [0.25, 0.3) is 0 Å². The van der Waals surface area contributed by atoms with Crippen molar-refractivity contribution in [2.45, 2.75) is 43.6 Å². The van der Waals surface area contributed by atoms with E-state index in [1.165, 1.54) is 0 Å². The fourth-order valence-electron chi connectivity index (χ4n) is 4.72. The maximum Gasteiger partial charge on any atom is 0.408 e. The van der Waals surface area contributed by atoms with Crippen LogP contribution in [-0.2, 0) is 14.3 Å². The standard InChI is InChI=1S/C24H26N2O5/c27-21(28)14-25-22(29)24(12-6-1-7-13-24)26-23(30)31-15-20-18-10-4-2-8-16(18)17-9-3-5-11-19(17)20/h2-5,8-11,20H,1,6-7,12-15H2,(H,25,29)(H,26,30)(H,27,28). The van der Waals surface area contributed by atoms with Crippen LogP contribution in [0, 0.1) is 0 Å². The molecular formula is C24H26N2O5. The highest BCUT2D eigenvalue weighted by Crippen LogP contribution is 2.44. The first-order valence-electron chi connectivity index (χ1n) is 10.6. The summed E-state index contributed by atoms with van der Waals surface area (Å²) in [6.45, 7) is -0.320. The number of amides is 2. The smallest absolute Gasteiger partial charge is 0.408 e. The second-order valence-corrected chi connectivity index (χ2v) is 8.17. The zero-order valence-corrected chi connectivity index (χ0v) is 17.2. The van der Waals surface area contributed by atoms with Crippen LogP contribution in [0.15, 0.2) is 48.5 Å². The van der Waals surface area contributed by atoms with Gasteiger partial charge in [-0.05, 0) is 35.1 Å². The highest BCUT2D eigenvalue weighted by molar-refractivity contribution is 5.92. The SMILES string of the molecule is O=C(O)CNC(=O)C1(NC(=O)OCC2c3ccccc3-c3ccccc32)CCCCC1. The van der Waals surface area contributed by atoms with E-state index in [4.69, 9.17) is 9.84 Å². The molecule has 31 heavy (non-hydrogen) atoms. The third kappa shape index (κ3) is 4.26. The van der Waals surface area contributed by atoms with Crippen LogP contribution in [0.5, 0.6) is 0 Å². The van der Waals surface area contributed by atoms with Gasteiger partial charge in [-0.2, -0.15) is 0 Å². The summed E-state index contributed by atoms with van der Waals surface area (Å²) in [5.41, 5.74) is 3.38. The van der Waals surface area contributed by atoms with Crippen molar-refractivity contribution >= 4 is 18.0 Å². The van der Waals surface area contributed by atoms with Gasteiger partial charge in [0.2, 0.25) is 5.91 Å². The molecule has 0 atom stereocenters. The summed E-state index contributed by atoms with van der Waals surface area (Å²) < 4.78 is 5.60. The predicted octanol–water partition coefficient (Wildman–Crippen LogP) is 3.43. The van der Waals surface area contributed by atoms with E-state index >= 15 is 0 Å². The molecule has 2 aromatic carbocycles. The van der Waals surface area contributed by atoms with E-state index in [0.29, 0.717) is 12.8 Å². The van der Waals surface area contributed by atoms with E-state index < -0.39 is 30.1 Å². The highest BCUT2D eigenvalue weighted by atomic mass is 16.5. The Balaban J connectivity index is 1.45. The molecule has 0 heterocycles. The van der Waals surface area contributed by atoms with Gasteiger partial charge in [-0.1, -0.05) is 67.8 Å². The van der Waals surface area contributed by atoms with Crippen molar-refractivity contribution < 1.29 is 24.2 Å². The Morgan fingerprint density at radius 2 is 1.52 bits per heavy atom. The highest BCUT2D eigenvalue weighted by Gasteiger charge is 2.41. The minimum absolute atomic E-state index is 0.0682. The number of rotatable bonds is 6. The number of hydrogen-bond donors (Lipinski definition) is 3. The molecule has 1 saturated carbocycles. The van der Waals surface area contributed by atoms with Crippen LogP contribution in [0.1, 0.15) is 49.1 Å². The largest absolute Gasteiger partial charge is 0.480 e. The number of hydrogen-bond acceptors (Lipinski definition) is 4. The Bertz CT molecular complexity index is 951. The number of carbonyl (C=O) groups is 3. The molecule has 0 aromatic heterocycles. The van der Waals surface area contributed by atoms with Gasteiger partial charge < -0.3 is 20.5 Å². The van der Waals surface area contributed by atoms with Crippen molar-refractivity contribution in [3.63, 3.8) is 0 Å². The Labute approximate surface area is 180 Å². The van der Waals surface area contributed by atoms with Crippen LogP contribution in [0.4, 0.5) is 4.79 Å². The number of carboxylic acids is 1. The third-order valence-electron chi connectivity index (χ3n) is 6.23. The molecule has 7 heteroatoms. The van der Waals surface area contributed by atoms with Crippen molar-refractivity contribution in [3.8, 4) is 11.1 Å². The van der Waals surface area contributed by atoms with Crippen LogP contribution < -0.4 is 10.6 Å². The fraction of sp³-hybridized carbons (Fsp3) is 0.375. The van der Waals surface area contributed by atoms with E-state index in [9.17, 15) is 14.4 Å². The van der Waals surface area contributed by atoms with E-state index in [0.717, 1.165) is 41.5 Å². The Hall–Kier alpha value is -3.35. The Morgan fingerprint density at radius 3 is 2.10 bits per heavy atom. The van der Waals surface area contributed by atoms with E-state index in [2.05, 4.69) is 22.8 Å². The molecule has 2 aliphatic rings. The third-order valence-corrected chi connectivity index (χ3v) is 6.23. The van der Waals surface area contributed by atoms with Crippen molar-refractivity contribution in [1.82, 2.24) is 10.6 Å². The molecule has 162 valence electrons. The fourth-order valence-corrected chi connectivity index (χ4v) is 4.72. The topological polar surface area (TPSA) is 105 Å². The summed E-state index contributed by atoms with van der Waals surface area (Å²) in [6.07, 6.45) is 2.80. The number of ether oxygens (including phenoxy) is 1. The van der Waals surface area contributed by atoms with Crippen LogP contribution in [-0.4, -0.2) is 41.8 Å². The molecule has 4 rings (SSSR count). The second kappa shape index (κ2) is 8.79. The van der Waals surface area contributed by atoms with Gasteiger partial charge in [0.15, 0.2) is 0 Å². The molecule has 0 saturated heterocycles. The molecule has 0 unspecified atom stereocenters. The molecule has 0 spiro atoms. The van der Waals surface area contributed by atoms with Gasteiger partial charge in [0.1, 0.15) is 18.7 Å². The number of nitrogens with one attached hydrogen (secondary N) is 2. The average molecular weight is 422 g/mol. The summed E-state index contributed by atoms with van der Waals surface area (Å²) in [5, 5.41) is 14.0. The maximum atomic E-state index is 12.7. The van der Waals surface area contributed by atoms with Gasteiger partial charge in [0, 0.05) is 5.92 Å². The number of carbonyl (C=O) groups excluding carboxylic acids is 2. The molecular weight excluding hydrogens is 396 g/mol. The molecule has 1 fully saturated rings. The Kier molecular flexibility index (Phi) is 5.93. The number of benzene rings is 2. The number of carboxylic acid groups (broad SMARTS) is 1. The quantitative estimate of drug-likeness (QED) is 0.662. The normalized spacial score (nSPS) is 16.6. The van der Waals surface area contributed by atoms with Gasteiger partial charge in [-0.25, -0.2) is 4.79 Å². The summed E-state index contributed by atoms with van der Waals surface area (Å²) in [7, 11) is 0. The minimum atomic E-state index is -1.13. The lowest BCUT2D eigenvalue weighted by Gasteiger charge is -2.36. The van der Waals surface area contributed by atoms with Gasteiger partial charge >= 0.3 is 12.1 Å². The van der Waals surface area contributed by atoms with Crippen LogP contribution in [0.3, 0.4) is 0 Å². The first kappa shape index (κ1) is 20.9. The van der Waals surface area contributed by atoms with Crippen LogP contribution in [0.2, 0.25) is 0 Å². The molecule has 0 radical (unpaired) electrons. The van der Waals surface area contributed by atoms with Crippen molar-refractivity contribution in [2.75, 3.05) is 13.2 Å². The second-order valence-electron chi connectivity index (χ2n) is 8.17. The van der Waals surface area contributed by atoms with Gasteiger partial charge in [-0.3, -0.25) is 9.59 Å². The first-order chi connectivity index (χ1) is 15.0. The van der Waals surface area contributed by atoms with Gasteiger partial charge in [0.05, 0.1) is 0 Å². The lowest BCUT2D eigenvalue weighted by atomic mass is 9.81. The first-order valence-corrected chi connectivity index (χ1v) is 10.6. The number of alkyl carbamates (subject to hydrolysis) is 1. The van der Waals surface area contributed by atoms with Crippen LogP contribution >= 0.6 is 0 Å². The van der Waals surface area contributed by atoms with Crippen molar-refractivity contribution in [3.05, 3.63) is 59.7 Å². The van der Waals surface area contributed by atoms with Crippen LogP contribution in [0.25, 0.3) is 11.1 Å². The lowest BCUT2D eigenvalue weighted by Crippen LogP contribution is -2.60. The predicted molar refractivity (Wildman–Crippen MR) is 115 cm³/mol. The zero-order chi connectivity index (χ0) is 21.8. The molecule has 7 nitrogen and oxygen atoms in total. The minimum Gasteiger partial charge on any atom is -0.480 e. The van der Waals surface area contributed by atoms with E-state index in [1.54, 1.807) is 0 Å².